The number of aliphatic hydroxyl groups is 2. The van der Waals surface area contributed by atoms with Gasteiger partial charge in [0.15, 0.2) is 0 Å². The van der Waals surface area contributed by atoms with Crippen LogP contribution in [-0.4, -0.2) is 47.4 Å². The van der Waals surface area contributed by atoms with Gasteiger partial charge in [-0.2, -0.15) is 0 Å². The second-order valence-corrected chi connectivity index (χ2v) is 24.6. The number of allylic oxidation sites excluding steroid dienone is 7. The maximum atomic E-state index is 12.5. The molecule has 0 rings (SSSR count). The van der Waals surface area contributed by atoms with Crippen LogP contribution in [-0.2, 0) is 14.3 Å². The van der Waals surface area contributed by atoms with Gasteiger partial charge in [-0.3, -0.25) is 9.59 Å². The fourth-order valence-corrected chi connectivity index (χ4v) is 11.1. The highest BCUT2D eigenvalue weighted by atomic mass is 16.5. The highest BCUT2D eigenvalue weighted by Crippen LogP contribution is 2.18. The summed E-state index contributed by atoms with van der Waals surface area (Å²) < 4.78 is 5.47. The van der Waals surface area contributed by atoms with E-state index in [4.69, 9.17) is 4.74 Å². The SMILES string of the molecule is CCC/C=C\C/C=C\CCCCCCCC(=O)OCCCCCCCCCCCCCC/C=C\CCCCCCCCCCCC(=O)NC(CO)C(O)/C=C/CCCCCCCCCCCCCCCCCCCCCCCCC. The van der Waals surface area contributed by atoms with E-state index in [9.17, 15) is 19.8 Å². The molecule has 1 amide bonds. The zero-order valence-electron chi connectivity index (χ0n) is 53.8. The van der Waals surface area contributed by atoms with Crippen LogP contribution in [0.2, 0.25) is 0 Å². The standard InChI is InChI=1S/C74H139NO5/c1-3-5-7-9-11-13-15-17-18-19-20-21-22-24-27-30-33-36-39-43-46-50-54-58-62-66-72(77)71(70-76)75-73(78)67-63-59-55-51-47-44-40-37-34-31-28-25-23-26-29-32-35-38-41-45-49-53-57-61-65-69-80-74(79)68-64-60-56-52-48-42-16-14-12-10-8-6-4-2/h8,10,14,16,25,28,62,66,71-72,76-77H,3-7,9,11-13,15,17-24,26-27,29-61,63-65,67-70H2,1-2H3,(H,75,78)/b10-8-,16-14-,28-25-,66-62+. The van der Waals surface area contributed by atoms with Crippen molar-refractivity contribution in [1.29, 1.82) is 0 Å². The monoisotopic (exact) mass is 1120 g/mol. The van der Waals surface area contributed by atoms with Gasteiger partial charge in [-0.15, -0.1) is 0 Å². The third-order valence-corrected chi connectivity index (χ3v) is 16.5. The van der Waals surface area contributed by atoms with Crippen LogP contribution < -0.4 is 5.32 Å². The summed E-state index contributed by atoms with van der Waals surface area (Å²) in [5.74, 6) is -0.0696. The zero-order valence-corrected chi connectivity index (χ0v) is 53.8. The lowest BCUT2D eigenvalue weighted by atomic mass is 10.0. The van der Waals surface area contributed by atoms with Gasteiger partial charge in [0.2, 0.25) is 5.91 Å². The molecular weight excluding hydrogens is 983 g/mol. The molecule has 0 spiro atoms. The number of hydrogen-bond acceptors (Lipinski definition) is 5. The van der Waals surface area contributed by atoms with Crippen molar-refractivity contribution in [2.45, 2.75) is 398 Å². The van der Waals surface area contributed by atoms with E-state index < -0.39 is 12.1 Å². The van der Waals surface area contributed by atoms with E-state index in [-0.39, 0.29) is 18.5 Å². The van der Waals surface area contributed by atoms with E-state index in [0.29, 0.717) is 19.4 Å². The molecule has 2 unspecified atom stereocenters. The highest BCUT2D eigenvalue weighted by molar-refractivity contribution is 5.76. The quantitative estimate of drug-likeness (QED) is 0.0320. The summed E-state index contributed by atoms with van der Waals surface area (Å²) in [4.78, 5) is 24.6. The highest BCUT2D eigenvalue weighted by Gasteiger charge is 2.18. The van der Waals surface area contributed by atoms with Crippen molar-refractivity contribution in [2.75, 3.05) is 13.2 Å². The molecule has 0 aromatic heterocycles. The molecular formula is C74H139NO5. The van der Waals surface area contributed by atoms with Gasteiger partial charge in [0.05, 0.1) is 25.4 Å². The summed E-state index contributed by atoms with van der Waals surface area (Å²) in [6.45, 7) is 4.86. The number of carbonyl (C=O) groups is 2. The first-order chi connectivity index (χ1) is 39.5. The topological polar surface area (TPSA) is 95.9 Å². The average molecular weight is 1120 g/mol. The Hall–Kier alpha value is -2.18. The molecule has 470 valence electrons. The molecule has 0 radical (unpaired) electrons. The predicted molar refractivity (Wildman–Crippen MR) is 352 cm³/mol. The predicted octanol–water partition coefficient (Wildman–Crippen LogP) is 23.3. The molecule has 0 aliphatic rings. The summed E-state index contributed by atoms with van der Waals surface area (Å²) in [7, 11) is 0. The van der Waals surface area contributed by atoms with Crippen LogP contribution in [0.4, 0.5) is 0 Å². The van der Waals surface area contributed by atoms with Crippen molar-refractivity contribution in [3.63, 3.8) is 0 Å². The smallest absolute Gasteiger partial charge is 0.305 e. The van der Waals surface area contributed by atoms with E-state index in [1.807, 2.05) is 6.08 Å². The van der Waals surface area contributed by atoms with E-state index >= 15 is 0 Å². The summed E-state index contributed by atoms with van der Waals surface area (Å²) >= 11 is 0. The molecule has 0 bridgehead atoms. The van der Waals surface area contributed by atoms with Gasteiger partial charge in [-0.1, -0.05) is 339 Å². The minimum atomic E-state index is -0.849. The number of unbranched alkanes of at least 4 members (excludes halogenated alkanes) is 50. The fourth-order valence-electron chi connectivity index (χ4n) is 11.1. The Kier molecular flexibility index (Phi) is 67.4. The molecule has 0 saturated heterocycles. The Morgan fingerprint density at radius 2 is 0.650 bits per heavy atom. The van der Waals surface area contributed by atoms with Gasteiger partial charge in [0.1, 0.15) is 0 Å². The van der Waals surface area contributed by atoms with E-state index in [1.165, 1.54) is 308 Å². The third kappa shape index (κ3) is 65.0. The number of esters is 1. The van der Waals surface area contributed by atoms with E-state index in [2.05, 4.69) is 55.6 Å². The van der Waals surface area contributed by atoms with Gasteiger partial charge in [0.25, 0.3) is 0 Å². The van der Waals surface area contributed by atoms with Crippen LogP contribution in [0.15, 0.2) is 48.6 Å². The normalized spacial score (nSPS) is 12.8. The van der Waals surface area contributed by atoms with Crippen LogP contribution in [0.25, 0.3) is 0 Å². The Labute approximate surface area is 499 Å². The number of aliphatic hydroxyl groups excluding tert-OH is 2. The maximum absolute atomic E-state index is 12.5. The van der Waals surface area contributed by atoms with Gasteiger partial charge in [-0.25, -0.2) is 0 Å². The first-order valence-electron chi connectivity index (χ1n) is 35.9. The molecule has 0 aromatic carbocycles. The van der Waals surface area contributed by atoms with Crippen LogP contribution >= 0.6 is 0 Å². The number of nitrogens with one attached hydrogen (secondary N) is 1. The molecule has 6 heteroatoms. The van der Waals surface area contributed by atoms with Gasteiger partial charge >= 0.3 is 5.97 Å². The zero-order chi connectivity index (χ0) is 57.8. The Bertz CT molecular complexity index is 1340. The number of rotatable bonds is 67. The third-order valence-electron chi connectivity index (χ3n) is 16.5. The molecule has 0 aliphatic carbocycles. The van der Waals surface area contributed by atoms with Crippen LogP contribution in [0, 0.1) is 0 Å². The lowest BCUT2D eigenvalue weighted by molar-refractivity contribution is -0.143. The van der Waals surface area contributed by atoms with Gasteiger partial charge in [0, 0.05) is 12.8 Å². The Morgan fingerprint density at radius 1 is 0.350 bits per heavy atom. The molecule has 2 atom stereocenters. The molecule has 0 saturated carbocycles. The molecule has 6 nitrogen and oxygen atoms in total. The molecule has 3 N–H and O–H groups in total. The van der Waals surface area contributed by atoms with Crippen LogP contribution in [0.3, 0.4) is 0 Å². The number of amides is 1. The maximum Gasteiger partial charge on any atom is 0.305 e. The lowest BCUT2D eigenvalue weighted by Gasteiger charge is -2.20. The number of carbonyl (C=O) groups excluding carboxylic acids is 2. The Morgan fingerprint density at radius 3 is 1.01 bits per heavy atom. The second kappa shape index (κ2) is 69.3. The summed E-state index contributed by atoms with van der Waals surface area (Å²) in [5, 5.41) is 23.3. The lowest BCUT2D eigenvalue weighted by Crippen LogP contribution is -2.45. The molecule has 80 heavy (non-hydrogen) atoms. The van der Waals surface area contributed by atoms with Crippen molar-refractivity contribution in [1.82, 2.24) is 5.32 Å². The minimum absolute atomic E-state index is 0.00215. The molecule has 0 aliphatic heterocycles. The molecule has 0 fully saturated rings. The van der Waals surface area contributed by atoms with Crippen LogP contribution in [0.1, 0.15) is 386 Å². The van der Waals surface area contributed by atoms with Crippen LogP contribution in [0.5, 0.6) is 0 Å². The second-order valence-electron chi connectivity index (χ2n) is 24.6. The summed E-state index contributed by atoms with van der Waals surface area (Å²) in [5.41, 5.74) is 0. The number of ether oxygens (including phenoxy) is 1. The molecule has 0 aromatic rings. The van der Waals surface area contributed by atoms with Gasteiger partial charge < -0.3 is 20.3 Å². The van der Waals surface area contributed by atoms with Gasteiger partial charge in [-0.05, 0) is 83.5 Å². The van der Waals surface area contributed by atoms with E-state index in [1.54, 1.807) is 6.08 Å². The summed E-state index contributed by atoms with van der Waals surface area (Å²) in [6, 6.07) is -0.633. The minimum Gasteiger partial charge on any atom is -0.466 e. The number of hydrogen-bond donors (Lipinski definition) is 3. The molecule has 0 heterocycles. The van der Waals surface area contributed by atoms with Crippen molar-refractivity contribution in [2.24, 2.45) is 0 Å². The van der Waals surface area contributed by atoms with Crippen molar-refractivity contribution in [3.8, 4) is 0 Å². The summed E-state index contributed by atoms with van der Waals surface area (Å²) in [6.07, 6.45) is 90.5. The first kappa shape index (κ1) is 77.8. The fraction of sp³-hybridized carbons (Fsp3) is 0.865. The Balaban J connectivity index is 3.43. The van der Waals surface area contributed by atoms with Crippen molar-refractivity contribution in [3.05, 3.63) is 48.6 Å². The van der Waals surface area contributed by atoms with Crippen molar-refractivity contribution >= 4 is 11.9 Å². The average Bonchev–Trinajstić information content (AvgIpc) is 3.46. The first-order valence-corrected chi connectivity index (χ1v) is 35.9. The largest absolute Gasteiger partial charge is 0.466 e. The van der Waals surface area contributed by atoms with Crippen molar-refractivity contribution < 1.29 is 24.5 Å². The van der Waals surface area contributed by atoms with E-state index in [0.717, 1.165) is 51.4 Å².